The molecule has 106 valence electrons. The van der Waals surface area contributed by atoms with Crippen LogP contribution in [0.3, 0.4) is 0 Å². The largest absolute Gasteiger partial charge is 0.508 e. The summed E-state index contributed by atoms with van der Waals surface area (Å²) in [6, 6.07) is 6.26. The monoisotopic (exact) mass is 291 g/mol. The number of hydrogen-bond donors (Lipinski definition) is 3. The number of hydrogen-bond acceptors (Lipinski definition) is 5. The summed E-state index contributed by atoms with van der Waals surface area (Å²) in [7, 11) is 0. The molecule has 0 aliphatic carbocycles. The average Bonchev–Trinajstić information content (AvgIpc) is 2.86. The van der Waals surface area contributed by atoms with Crippen molar-refractivity contribution in [3.05, 3.63) is 29.6 Å². The van der Waals surface area contributed by atoms with E-state index in [-0.39, 0.29) is 17.6 Å². The van der Waals surface area contributed by atoms with Gasteiger partial charge in [0, 0.05) is 10.9 Å². The molecule has 0 radical (unpaired) electrons. The van der Waals surface area contributed by atoms with Crippen LogP contribution in [0.15, 0.2) is 29.6 Å². The van der Waals surface area contributed by atoms with Crippen molar-refractivity contribution >= 4 is 22.4 Å². The van der Waals surface area contributed by atoms with E-state index in [4.69, 9.17) is 5.73 Å². The summed E-state index contributed by atoms with van der Waals surface area (Å²) in [4.78, 5) is 16.2. The normalized spacial score (nSPS) is 12.4. The molecule has 6 heteroatoms. The van der Waals surface area contributed by atoms with Crippen LogP contribution in [-0.2, 0) is 4.79 Å². The summed E-state index contributed by atoms with van der Waals surface area (Å²) in [6.07, 6.45) is 0. The highest BCUT2D eigenvalue weighted by Crippen LogP contribution is 2.27. The highest BCUT2D eigenvalue weighted by Gasteiger charge is 2.18. The van der Waals surface area contributed by atoms with E-state index in [0.29, 0.717) is 10.8 Å². The van der Waals surface area contributed by atoms with E-state index in [9.17, 15) is 9.90 Å². The lowest BCUT2D eigenvalue weighted by molar-refractivity contribution is -0.118. The number of aromatic hydroxyl groups is 1. The topological polar surface area (TPSA) is 88.2 Å². The van der Waals surface area contributed by atoms with Crippen LogP contribution in [0.5, 0.6) is 5.75 Å². The van der Waals surface area contributed by atoms with Gasteiger partial charge in [0.2, 0.25) is 5.91 Å². The zero-order valence-electron chi connectivity index (χ0n) is 11.3. The van der Waals surface area contributed by atoms with Crippen molar-refractivity contribution in [2.24, 2.45) is 11.7 Å². The molecule has 4 N–H and O–H groups in total. The maximum absolute atomic E-state index is 11.8. The molecule has 5 nitrogen and oxygen atoms in total. The van der Waals surface area contributed by atoms with Gasteiger partial charge in [0.15, 0.2) is 5.13 Å². The number of nitrogens with zero attached hydrogens (tertiary/aromatic N) is 1. The number of amides is 1. The third kappa shape index (κ3) is 3.34. The summed E-state index contributed by atoms with van der Waals surface area (Å²) >= 11 is 1.33. The smallest absolute Gasteiger partial charge is 0.243 e. The number of carbonyl (C=O) groups excluding carboxylic acids is 1. The molecular formula is C14H17N3O2S. The van der Waals surface area contributed by atoms with Gasteiger partial charge in [0.05, 0.1) is 11.7 Å². The van der Waals surface area contributed by atoms with Crippen LogP contribution in [0.2, 0.25) is 0 Å². The molecule has 0 aliphatic heterocycles. The average molecular weight is 291 g/mol. The van der Waals surface area contributed by atoms with E-state index in [2.05, 4.69) is 10.3 Å². The molecule has 1 heterocycles. The Balaban J connectivity index is 2.12. The zero-order valence-corrected chi connectivity index (χ0v) is 12.1. The maximum atomic E-state index is 11.8. The number of nitrogens with two attached hydrogens (primary N) is 1. The lowest BCUT2D eigenvalue weighted by Crippen LogP contribution is -2.39. The molecule has 1 aromatic carbocycles. The van der Waals surface area contributed by atoms with Gasteiger partial charge in [-0.2, -0.15) is 0 Å². The quantitative estimate of drug-likeness (QED) is 0.807. The highest BCUT2D eigenvalue weighted by atomic mass is 32.1. The SMILES string of the molecule is CC(C)[C@H](N)C(=O)Nc1nc(-c2cccc(O)c2)cs1. The number of aromatic nitrogens is 1. The van der Waals surface area contributed by atoms with Crippen molar-refractivity contribution in [3.8, 4) is 17.0 Å². The zero-order chi connectivity index (χ0) is 14.7. The van der Waals surface area contributed by atoms with E-state index < -0.39 is 6.04 Å². The molecule has 1 atom stereocenters. The molecule has 0 bridgehead atoms. The lowest BCUT2D eigenvalue weighted by Gasteiger charge is -2.13. The van der Waals surface area contributed by atoms with E-state index in [1.54, 1.807) is 18.2 Å². The fourth-order valence-electron chi connectivity index (χ4n) is 1.62. The van der Waals surface area contributed by atoms with Gasteiger partial charge in [-0.15, -0.1) is 11.3 Å². The van der Waals surface area contributed by atoms with Crippen molar-refractivity contribution in [1.29, 1.82) is 0 Å². The Kier molecular flexibility index (Phi) is 4.36. The van der Waals surface area contributed by atoms with Gasteiger partial charge in [0.25, 0.3) is 0 Å². The Morgan fingerprint density at radius 1 is 1.45 bits per heavy atom. The summed E-state index contributed by atoms with van der Waals surface area (Å²) < 4.78 is 0. The van der Waals surface area contributed by atoms with Gasteiger partial charge in [0.1, 0.15) is 5.75 Å². The van der Waals surface area contributed by atoms with Gasteiger partial charge in [-0.3, -0.25) is 4.79 Å². The fourth-order valence-corrected chi connectivity index (χ4v) is 2.34. The van der Waals surface area contributed by atoms with Crippen LogP contribution >= 0.6 is 11.3 Å². The van der Waals surface area contributed by atoms with E-state index in [1.807, 2.05) is 25.3 Å². The van der Waals surface area contributed by atoms with Crippen LogP contribution in [0, 0.1) is 5.92 Å². The Bertz CT molecular complexity index is 610. The summed E-state index contributed by atoms with van der Waals surface area (Å²) in [5.74, 6) is 0.0141. The lowest BCUT2D eigenvalue weighted by atomic mass is 10.1. The number of phenolic OH excluding ortho intramolecular Hbond substituents is 1. The minimum absolute atomic E-state index is 0.0699. The Labute approximate surface area is 121 Å². The predicted octanol–water partition coefficient (Wildman–Crippen LogP) is 2.44. The van der Waals surface area contributed by atoms with Gasteiger partial charge in [-0.05, 0) is 18.1 Å². The number of rotatable bonds is 4. The molecule has 1 aromatic heterocycles. The first-order valence-electron chi connectivity index (χ1n) is 6.28. The van der Waals surface area contributed by atoms with Crippen LogP contribution in [0.1, 0.15) is 13.8 Å². The number of phenols is 1. The Morgan fingerprint density at radius 2 is 2.20 bits per heavy atom. The van der Waals surface area contributed by atoms with Gasteiger partial charge in [-0.25, -0.2) is 4.98 Å². The first-order chi connectivity index (χ1) is 9.47. The third-order valence-electron chi connectivity index (χ3n) is 2.90. The molecule has 20 heavy (non-hydrogen) atoms. The van der Waals surface area contributed by atoms with Crippen molar-refractivity contribution < 1.29 is 9.90 Å². The molecule has 0 saturated carbocycles. The fraction of sp³-hybridized carbons (Fsp3) is 0.286. The first-order valence-corrected chi connectivity index (χ1v) is 7.16. The van der Waals surface area contributed by atoms with Crippen LogP contribution in [0.4, 0.5) is 5.13 Å². The van der Waals surface area contributed by atoms with Gasteiger partial charge >= 0.3 is 0 Å². The molecule has 0 aliphatic rings. The number of carbonyl (C=O) groups is 1. The Hall–Kier alpha value is -1.92. The van der Waals surface area contributed by atoms with E-state index >= 15 is 0 Å². The molecule has 1 amide bonds. The van der Waals surface area contributed by atoms with Crippen molar-refractivity contribution in [1.82, 2.24) is 4.98 Å². The van der Waals surface area contributed by atoms with Crippen molar-refractivity contribution in [2.75, 3.05) is 5.32 Å². The van der Waals surface area contributed by atoms with Crippen LogP contribution in [-0.4, -0.2) is 22.0 Å². The van der Waals surface area contributed by atoms with Crippen molar-refractivity contribution in [3.63, 3.8) is 0 Å². The van der Waals surface area contributed by atoms with E-state index in [1.165, 1.54) is 11.3 Å². The summed E-state index contributed by atoms with van der Waals surface area (Å²) in [6.45, 7) is 3.79. The molecule has 0 spiro atoms. The van der Waals surface area contributed by atoms with Crippen molar-refractivity contribution in [2.45, 2.75) is 19.9 Å². The molecule has 0 unspecified atom stereocenters. The van der Waals surface area contributed by atoms with Gasteiger partial charge < -0.3 is 16.2 Å². The molecule has 0 fully saturated rings. The standard InChI is InChI=1S/C14H17N3O2S/c1-8(2)12(15)13(19)17-14-16-11(7-20-14)9-4-3-5-10(18)6-9/h3-8,12,18H,15H2,1-2H3,(H,16,17,19)/t12-/m0/s1. The summed E-state index contributed by atoms with van der Waals surface area (Å²) in [5, 5.41) is 14.5. The van der Waals surface area contributed by atoms with Crippen LogP contribution in [0.25, 0.3) is 11.3 Å². The van der Waals surface area contributed by atoms with Gasteiger partial charge in [-0.1, -0.05) is 26.0 Å². The second-order valence-corrected chi connectivity index (χ2v) is 5.71. The molecule has 2 rings (SSSR count). The second-order valence-electron chi connectivity index (χ2n) is 4.85. The maximum Gasteiger partial charge on any atom is 0.243 e. The minimum Gasteiger partial charge on any atom is -0.508 e. The highest BCUT2D eigenvalue weighted by molar-refractivity contribution is 7.14. The number of anilines is 1. The third-order valence-corrected chi connectivity index (χ3v) is 3.65. The predicted molar refractivity (Wildman–Crippen MR) is 80.7 cm³/mol. The second kappa shape index (κ2) is 6.02. The van der Waals surface area contributed by atoms with E-state index in [0.717, 1.165) is 5.56 Å². The number of nitrogens with one attached hydrogen (secondary N) is 1. The van der Waals surface area contributed by atoms with Crippen LogP contribution < -0.4 is 11.1 Å². The molecular weight excluding hydrogens is 274 g/mol. The number of benzene rings is 1. The minimum atomic E-state index is -0.553. The molecule has 0 saturated heterocycles. The molecule has 2 aromatic rings. The first kappa shape index (κ1) is 14.5. The Morgan fingerprint density at radius 3 is 2.85 bits per heavy atom. The number of thiazole rings is 1. The summed E-state index contributed by atoms with van der Waals surface area (Å²) in [5.41, 5.74) is 7.29.